The average molecular weight is 380 g/mol. The maximum Gasteiger partial charge on any atom is 0.305 e. The van der Waals surface area contributed by atoms with Crippen LogP contribution >= 0.6 is 0 Å². The van der Waals surface area contributed by atoms with Gasteiger partial charge in [0.15, 0.2) is 0 Å². The van der Waals surface area contributed by atoms with E-state index in [0.29, 0.717) is 24.8 Å². The van der Waals surface area contributed by atoms with Crippen molar-refractivity contribution < 1.29 is 19.5 Å². The standard InChI is InChI=1S/C20H33N3O4/c24-18(6-3-14-7-9-21-10-8-14)23-11-1-2-16(13-23)20(27)22-17(12-19(25)26)15-4-5-15/h14-17,21H,1-13H2,(H,22,27)(H,25,26)/t16-,17?/m1/s1. The molecule has 0 aromatic heterocycles. The summed E-state index contributed by atoms with van der Waals surface area (Å²) in [4.78, 5) is 38.1. The molecule has 2 saturated heterocycles. The van der Waals surface area contributed by atoms with Gasteiger partial charge in [0.2, 0.25) is 11.8 Å². The number of nitrogens with zero attached hydrogens (tertiary/aromatic N) is 1. The maximum atomic E-state index is 12.6. The predicted molar refractivity (Wildman–Crippen MR) is 101 cm³/mol. The normalized spacial score (nSPS) is 25.0. The number of hydrogen-bond donors (Lipinski definition) is 3. The van der Waals surface area contributed by atoms with Crippen LogP contribution in [0.2, 0.25) is 0 Å². The lowest BCUT2D eigenvalue weighted by Gasteiger charge is -2.33. The number of carbonyl (C=O) groups is 3. The Morgan fingerprint density at radius 1 is 1.11 bits per heavy atom. The third kappa shape index (κ3) is 6.19. The summed E-state index contributed by atoms with van der Waals surface area (Å²) in [5.74, 6) is -0.0627. The van der Waals surface area contributed by atoms with Gasteiger partial charge >= 0.3 is 5.97 Å². The molecule has 3 rings (SSSR count). The summed E-state index contributed by atoms with van der Waals surface area (Å²) in [6.07, 6.45) is 7.38. The van der Waals surface area contributed by atoms with E-state index in [1.165, 1.54) is 0 Å². The fourth-order valence-corrected chi connectivity index (χ4v) is 4.40. The first-order valence-corrected chi connectivity index (χ1v) is 10.5. The summed E-state index contributed by atoms with van der Waals surface area (Å²) < 4.78 is 0. The SMILES string of the molecule is O=C(O)CC(NC(=O)[C@@H]1CCCN(C(=O)CCC2CCNCC2)C1)C1CC1. The number of piperidine rings is 2. The number of aliphatic carboxylic acids is 1. The van der Waals surface area contributed by atoms with Crippen molar-refractivity contribution >= 4 is 17.8 Å². The fourth-order valence-electron chi connectivity index (χ4n) is 4.40. The Hall–Kier alpha value is -1.63. The molecule has 3 aliphatic rings. The molecular weight excluding hydrogens is 346 g/mol. The van der Waals surface area contributed by atoms with Gasteiger partial charge in [-0.25, -0.2) is 0 Å². The van der Waals surface area contributed by atoms with E-state index in [1.807, 2.05) is 4.90 Å². The second kappa shape index (κ2) is 9.53. The second-order valence-electron chi connectivity index (χ2n) is 8.46. The number of nitrogens with one attached hydrogen (secondary N) is 2. The van der Waals surface area contributed by atoms with Crippen molar-refractivity contribution in [2.75, 3.05) is 26.2 Å². The molecule has 3 fully saturated rings. The molecule has 0 bridgehead atoms. The molecule has 152 valence electrons. The Morgan fingerprint density at radius 2 is 1.85 bits per heavy atom. The van der Waals surface area contributed by atoms with E-state index in [9.17, 15) is 14.4 Å². The minimum absolute atomic E-state index is 0.0119. The Morgan fingerprint density at radius 3 is 2.52 bits per heavy atom. The molecule has 27 heavy (non-hydrogen) atoms. The Balaban J connectivity index is 1.45. The van der Waals surface area contributed by atoms with Crippen molar-refractivity contribution in [3.63, 3.8) is 0 Å². The molecule has 1 saturated carbocycles. The highest BCUT2D eigenvalue weighted by Crippen LogP contribution is 2.34. The van der Waals surface area contributed by atoms with Crippen LogP contribution in [0.1, 0.15) is 57.8 Å². The van der Waals surface area contributed by atoms with Gasteiger partial charge in [0.25, 0.3) is 0 Å². The summed E-state index contributed by atoms with van der Waals surface area (Å²) in [6.45, 7) is 3.30. The maximum absolute atomic E-state index is 12.6. The van der Waals surface area contributed by atoms with Crippen LogP contribution in [0.3, 0.4) is 0 Å². The lowest BCUT2D eigenvalue weighted by Crippen LogP contribution is -2.48. The van der Waals surface area contributed by atoms with Gasteiger partial charge in [-0.3, -0.25) is 14.4 Å². The number of likely N-dealkylation sites (tertiary alicyclic amines) is 1. The minimum Gasteiger partial charge on any atom is -0.481 e. The minimum atomic E-state index is -0.870. The molecule has 2 heterocycles. The van der Waals surface area contributed by atoms with E-state index in [1.54, 1.807) is 0 Å². The molecular formula is C20H33N3O4. The first kappa shape index (κ1) is 20.1. The zero-order valence-electron chi connectivity index (χ0n) is 16.1. The van der Waals surface area contributed by atoms with Gasteiger partial charge in [0, 0.05) is 25.6 Å². The predicted octanol–water partition coefficient (Wildman–Crippen LogP) is 1.37. The van der Waals surface area contributed by atoms with E-state index in [4.69, 9.17) is 5.11 Å². The van der Waals surface area contributed by atoms with Gasteiger partial charge in [-0.05, 0) is 69.9 Å². The number of hydrogen-bond acceptors (Lipinski definition) is 4. The third-order valence-electron chi connectivity index (χ3n) is 6.28. The van der Waals surface area contributed by atoms with Crippen molar-refractivity contribution in [2.24, 2.45) is 17.8 Å². The van der Waals surface area contributed by atoms with Crippen LogP contribution < -0.4 is 10.6 Å². The first-order chi connectivity index (χ1) is 13.0. The Bertz CT molecular complexity index is 543. The lowest BCUT2D eigenvalue weighted by atomic mass is 9.92. The molecule has 0 radical (unpaired) electrons. The number of rotatable bonds is 8. The highest BCUT2D eigenvalue weighted by molar-refractivity contribution is 5.82. The molecule has 0 aromatic carbocycles. The Kier molecular flexibility index (Phi) is 7.10. The molecule has 2 amide bonds. The van der Waals surface area contributed by atoms with Crippen molar-refractivity contribution in [2.45, 2.75) is 63.8 Å². The van der Waals surface area contributed by atoms with Crippen LogP contribution in [0, 0.1) is 17.8 Å². The van der Waals surface area contributed by atoms with Crippen LogP contribution in [0.25, 0.3) is 0 Å². The summed E-state index contributed by atoms with van der Waals surface area (Å²) in [6, 6.07) is -0.263. The molecule has 3 N–H and O–H groups in total. The van der Waals surface area contributed by atoms with Crippen LogP contribution in [0.15, 0.2) is 0 Å². The van der Waals surface area contributed by atoms with Gasteiger partial charge in [-0.15, -0.1) is 0 Å². The number of carboxylic acids is 1. The molecule has 0 spiro atoms. The van der Waals surface area contributed by atoms with E-state index in [0.717, 1.165) is 64.6 Å². The van der Waals surface area contributed by atoms with Gasteiger partial charge in [-0.1, -0.05) is 0 Å². The van der Waals surface area contributed by atoms with E-state index in [-0.39, 0.29) is 30.2 Å². The molecule has 1 unspecified atom stereocenters. The smallest absolute Gasteiger partial charge is 0.305 e. The zero-order valence-corrected chi connectivity index (χ0v) is 16.1. The first-order valence-electron chi connectivity index (χ1n) is 10.5. The highest BCUT2D eigenvalue weighted by atomic mass is 16.4. The van der Waals surface area contributed by atoms with Crippen LogP contribution in [-0.4, -0.2) is 60.0 Å². The fraction of sp³-hybridized carbons (Fsp3) is 0.850. The van der Waals surface area contributed by atoms with Crippen LogP contribution in [0.4, 0.5) is 0 Å². The highest BCUT2D eigenvalue weighted by Gasteiger charge is 2.36. The quantitative estimate of drug-likeness (QED) is 0.592. The monoisotopic (exact) mass is 379 g/mol. The molecule has 7 nitrogen and oxygen atoms in total. The van der Waals surface area contributed by atoms with E-state index < -0.39 is 5.97 Å². The van der Waals surface area contributed by atoms with Crippen LogP contribution in [-0.2, 0) is 14.4 Å². The van der Waals surface area contributed by atoms with Crippen molar-refractivity contribution in [3.05, 3.63) is 0 Å². The lowest BCUT2D eigenvalue weighted by molar-refractivity contribution is -0.138. The largest absolute Gasteiger partial charge is 0.481 e. The van der Waals surface area contributed by atoms with Crippen LogP contribution in [0.5, 0.6) is 0 Å². The summed E-state index contributed by atoms with van der Waals surface area (Å²) in [5.41, 5.74) is 0. The van der Waals surface area contributed by atoms with E-state index in [2.05, 4.69) is 10.6 Å². The van der Waals surface area contributed by atoms with Crippen molar-refractivity contribution in [1.29, 1.82) is 0 Å². The van der Waals surface area contributed by atoms with Crippen molar-refractivity contribution in [3.8, 4) is 0 Å². The summed E-state index contributed by atoms with van der Waals surface area (Å²) in [7, 11) is 0. The van der Waals surface area contributed by atoms with Gasteiger partial charge < -0.3 is 20.6 Å². The molecule has 1 aliphatic carbocycles. The number of carboxylic acid groups (broad SMARTS) is 1. The van der Waals surface area contributed by atoms with Crippen molar-refractivity contribution in [1.82, 2.24) is 15.5 Å². The molecule has 2 aliphatic heterocycles. The molecule has 7 heteroatoms. The van der Waals surface area contributed by atoms with Gasteiger partial charge in [0.1, 0.15) is 0 Å². The topological polar surface area (TPSA) is 98.7 Å². The number of carbonyl (C=O) groups excluding carboxylic acids is 2. The third-order valence-corrected chi connectivity index (χ3v) is 6.28. The summed E-state index contributed by atoms with van der Waals surface area (Å²) in [5, 5.41) is 15.4. The molecule has 2 atom stereocenters. The van der Waals surface area contributed by atoms with Gasteiger partial charge in [-0.2, -0.15) is 0 Å². The average Bonchev–Trinajstić information content (AvgIpc) is 3.51. The zero-order chi connectivity index (χ0) is 19.2. The van der Waals surface area contributed by atoms with Gasteiger partial charge in [0.05, 0.1) is 12.3 Å². The summed E-state index contributed by atoms with van der Waals surface area (Å²) >= 11 is 0. The second-order valence-corrected chi connectivity index (χ2v) is 8.46. The Labute approximate surface area is 161 Å². The van der Waals surface area contributed by atoms with E-state index >= 15 is 0 Å². The number of amides is 2. The molecule has 0 aromatic rings.